The Kier molecular flexibility index (Phi) is 7.21. The van der Waals surface area contributed by atoms with Crippen molar-refractivity contribution in [1.29, 1.82) is 0 Å². The molecule has 0 amide bonds. The molecule has 56 heavy (non-hydrogen) atoms. The number of anilines is 6. The van der Waals surface area contributed by atoms with Crippen molar-refractivity contribution in [2.24, 2.45) is 0 Å². The summed E-state index contributed by atoms with van der Waals surface area (Å²) < 4.78 is 12.0. The summed E-state index contributed by atoms with van der Waals surface area (Å²) in [6.45, 7) is 13.0. The highest BCUT2D eigenvalue weighted by atomic mass is 16.6. The summed E-state index contributed by atoms with van der Waals surface area (Å²) in [5.74, 6) is -0.741. The van der Waals surface area contributed by atoms with E-state index in [2.05, 4.69) is 173 Å². The van der Waals surface area contributed by atoms with Crippen LogP contribution < -0.4 is 9.80 Å². The Labute approximate surface area is 326 Å². The molecule has 4 aliphatic heterocycles. The average molecular weight is 733 g/mol. The van der Waals surface area contributed by atoms with Crippen LogP contribution in [0.4, 0.5) is 34.1 Å². The number of nitrogens with zero attached hydrogens (tertiary/aromatic N) is 2. The monoisotopic (exact) mass is 732 g/mol. The third-order valence-corrected chi connectivity index (χ3v) is 12.1. The topological polar surface area (TPSA) is 59.1 Å². The molecule has 6 nitrogen and oxygen atoms in total. The van der Waals surface area contributed by atoms with Gasteiger partial charge in [0.25, 0.3) is 0 Å². The van der Waals surface area contributed by atoms with E-state index in [1.165, 1.54) is 22.3 Å². The summed E-state index contributed by atoms with van der Waals surface area (Å²) in [6.07, 6.45) is 0. The second-order valence-electron chi connectivity index (χ2n) is 16.3. The predicted molar refractivity (Wildman–Crippen MR) is 222 cm³/mol. The maximum atomic E-state index is 13.9. The number of rotatable bonds is 4. The number of aryl methyl sites for hydroxylation is 2. The van der Waals surface area contributed by atoms with Crippen molar-refractivity contribution in [3.05, 3.63) is 189 Å². The zero-order chi connectivity index (χ0) is 38.7. The van der Waals surface area contributed by atoms with Gasteiger partial charge >= 0.3 is 11.9 Å². The molecule has 0 saturated carbocycles. The van der Waals surface area contributed by atoms with Crippen molar-refractivity contribution < 1.29 is 19.1 Å². The van der Waals surface area contributed by atoms with Crippen LogP contribution in [0.1, 0.15) is 72.2 Å². The highest BCUT2D eigenvalue weighted by molar-refractivity contribution is 6.29. The van der Waals surface area contributed by atoms with Crippen molar-refractivity contribution in [3.63, 3.8) is 0 Å². The molecule has 0 aromatic heterocycles. The Morgan fingerprint density at radius 1 is 0.429 bits per heavy atom. The number of benzene rings is 6. The van der Waals surface area contributed by atoms with E-state index in [0.717, 1.165) is 45.3 Å². The molecule has 0 atom stereocenters. The number of carbonyl (C=O) groups is 2. The van der Waals surface area contributed by atoms with Crippen molar-refractivity contribution >= 4 is 57.2 Å². The lowest BCUT2D eigenvalue weighted by atomic mass is 9.72. The first-order valence-electron chi connectivity index (χ1n) is 19.1. The Balaban J connectivity index is 1.10. The molecule has 6 aromatic rings. The fraction of sp³-hybridized carbons (Fsp3) is 0.160. The van der Waals surface area contributed by atoms with Gasteiger partial charge in [-0.25, -0.2) is 9.59 Å². The standard InChI is InChI=1S/C50H40N2O4/c1-29-15-21-33(22-16-29)51-39-13-9-7-11-35(39)49(3,4)37-27-31(19-25-41(37)51)43-45-46(56-47(43)53)44(48(54)55-45)32-20-26-42-38(28-32)50(5,6)36-12-8-10-14-40(36)52(42)34-23-17-30(2)18-24-34/h7-28H,1-6H3. The zero-order valence-electron chi connectivity index (χ0n) is 32.2. The third kappa shape index (κ3) is 4.81. The van der Waals surface area contributed by atoms with Crippen molar-refractivity contribution in [1.82, 2.24) is 0 Å². The van der Waals surface area contributed by atoms with Crippen molar-refractivity contribution in [3.8, 4) is 0 Å². The molecule has 0 fully saturated rings. The quantitative estimate of drug-likeness (QED) is 0.168. The first-order valence-corrected chi connectivity index (χ1v) is 19.1. The van der Waals surface area contributed by atoms with Crippen LogP contribution in [0, 0.1) is 13.8 Å². The molecule has 0 spiro atoms. The van der Waals surface area contributed by atoms with E-state index in [0.29, 0.717) is 11.1 Å². The summed E-state index contributed by atoms with van der Waals surface area (Å²) in [7, 11) is 0. The normalized spacial score (nSPS) is 17.2. The number of ether oxygens (including phenoxy) is 2. The minimum atomic E-state index is -0.540. The maximum Gasteiger partial charge on any atom is 0.348 e. The van der Waals surface area contributed by atoms with Crippen LogP contribution >= 0.6 is 0 Å². The van der Waals surface area contributed by atoms with Crippen LogP contribution in [0.3, 0.4) is 0 Å². The van der Waals surface area contributed by atoms with Gasteiger partial charge in [-0.2, -0.15) is 0 Å². The van der Waals surface area contributed by atoms with Crippen LogP contribution in [0.2, 0.25) is 0 Å². The molecule has 4 aliphatic rings. The Morgan fingerprint density at radius 3 is 1.18 bits per heavy atom. The predicted octanol–water partition coefficient (Wildman–Crippen LogP) is 11.8. The average Bonchev–Trinajstić information content (AvgIpc) is 3.68. The SMILES string of the molecule is Cc1ccc(N2c3ccccc3C(C)(C)c3cc(C4=C5OC(=O)C(c6ccc7c(c6)C(C)(C)c6ccccc6N7c6ccc(C)cc6)=C5OC4=O)ccc32)cc1. The summed E-state index contributed by atoms with van der Waals surface area (Å²) >= 11 is 0. The Hall–Kier alpha value is -6.66. The molecule has 4 heterocycles. The number of carbonyl (C=O) groups excluding carboxylic acids is 2. The fourth-order valence-electron chi connectivity index (χ4n) is 9.05. The molecule has 6 heteroatoms. The van der Waals surface area contributed by atoms with Crippen LogP contribution in [0.15, 0.2) is 145 Å². The lowest BCUT2D eigenvalue weighted by molar-refractivity contribution is -0.131. The van der Waals surface area contributed by atoms with Gasteiger partial charge in [-0.3, -0.25) is 0 Å². The van der Waals surface area contributed by atoms with Gasteiger partial charge in [0.1, 0.15) is 11.1 Å². The van der Waals surface area contributed by atoms with E-state index >= 15 is 0 Å². The lowest BCUT2D eigenvalue weighted by Crippen LogP contribution is -2.30. The summed E-state index contributed by atoms with van der Waals surface area (Å²) in [6, 6.07) is 46.1. The van der Waals surface area contributed by atoms with E-state index in [-0.39, 0.29) is 22.7 Å². The van der Waals surface area contributed by atoms with Gasteiger partial charge in [-0.15, -0.1) is 0 Å². The largest absolute Gasteiger partial charge is 0.418 e. The van der Waals surface area contributed by atoms with E-state index in [4.69, 9.17) is 9.47 Å². The van der Waals surface area contributed by atoms with Crippen LogP contribution in [0.25, 0.3) is 11.1 Å². The molecule has 0 bridgehead atoms. The summed E-state index contributed by atoms with van der Waals surface area (Å²) in [5, 5.41) is 0. The van der Waals surface area contributed by atoms with E-state index in [1.54, 1.807) is 0 Å². The first kappa shape index (κ1) is 33.9. The van der Waals surface area contributed by atoms with Gasteiger partial charge in [-0.05, 0) is 108 Å². The van der Waals surface area contributed by atoms with Crippen LogP contribution in [-0.2, 0) is 29.9 Å². The molecule has 0 radical (unpaired) electrons. The van der Waals surface area contributed by atoms with Gasteiger partial charge < -0.3 is 19.3 Å². The molecule has 0 N–H and O–H groups in total. The fourth-order valence-corrected chi connectivity index (χ4v) is 9.05. The minimum absolute atomic E-state index is 0.169. The summed E-state index contributed by atoms with van der Waals surface area (Å²) in [5.41, 5.74) is 14.2. The highest BCUT2D eigenvalue weighted by Gasteiger charge is 2.46. The first-order chi connectivity index (χ1) is 26.9. The van der Waals surface area contributed by atoms with Gasteiger partial charge in [0.05, 0.1) is 22.7 Å². The summed E-state index contributed by atoms with van der Waals surface area (Å²) in [4.78, 5) is 32.3. The van der Waals surface area contributed by atoms with Gasteiger partial charge in [0.2, 0.25) is 0 Å². The van der Waals surface area contributed by atoms with Crippen LogP contribution in [-0.4, -0.2) is 11.9 Å². The zero-order valence-corrected chi connectivity index (χ0v) is 32.2. The molecule has 6 aromatic carbocycles. The Morgan fingerprint density at radius 2 is 0.786 bits per heavy atom. The second kappa shape index (κ2) is 11.9. The molecular weight excluding hydrogens is 693 g/mol. The minimum Gasteiger partial charge on any atom is -0.418 e. The van der Waals surface area contributed by atoms with Gasteiger partial charge in [-0.1, -0.05) is 112 Å². The van der Waals surface area contributed by atoms with Gasteiger partial charge in [0, 0.05) is 22.2 Å². The molecule has 274 valence electrons. The number of para-hydroxylation sites is 2. The van der Waals surface area contributed by atoms with E-state index < -0.39 is 22.8 Å². The number of esters is 2. The molecule has 10 rings (SSSR count). The third-order valence-electron chi connectivity index (χ3n) is 12.1. The Bertz CT molecular complexity index is 2560. The maximum absolute atomic E-state index is 13.9. The number of hydrogen-bond acceptors (Lipinski definition) is 6. The molecular formula is C50H40N2O4. The molecule has 0 aliphatic carbocycles. The highest BCUT2D eigenvalue weighted by Crippen LogP contribution is 2.55. The smallest absolute Gasteiger partial charge is 0.348 e. The van der Waals surface area contributed by atoms with E-state index in [1.807, 2.05) is 12.1 Å². The molecule has 0 unspecified atom stereocenters. The lowest BCUT2D eigenvalue weighted by Gasteiger charge is -2.42. The molecule has 0 saturated heterocycles. The number of hydrogen-bond donors (Lipinski definition) is 0. The van der Waals surface area contributed by atoms with Crippen molar-refractivity contribution in [2.45, 2.75) is 52.4 Å². The number of fused-ring (bicyclic) bond motifs is 5. The van der Waals surface area contributed by atoms with Gasteiger partial charge in [0.15, 0.2) is 11.5 Å². The van der Waals surface area contributed by atoms with Crippen molar-refractivity contribution in [2.75, 3.05) is 9.80 Å². The van der Waals surface area contributed by atoms with Crippen LogP contribution in [0.5, 0.6) is 0 Å². The van der Waals surface area contributed by atoms with E-state index in [9.17, 15) is 9.59 Å². The second-order valence-corrected chi connectivity index (χ2v) is 16.3.